The minimum absolute atomic E-state index is 0.118. The van der Waals surface area contributed by atoms with Gasteiger partial charge in [-0.15, -0.1) is 0 Å². The molecule has 7 nitrogen and oxygen atoms in total. The average molecular weight is 372 g/mol. The van der Waals surface area contributed by atoms with E-state index in [0.29, 0.717) is 37.6 Å². The van der Waals surface area contributed by atoms with E-state index in [4.69, 9.17) is 4.74 Å². The summed E-state index contributed by atoms with van der Waals surface area (Å²) in [6.07, 6.45) is 1.64. The Labute approximate surface area is 155 Å². The first-order chi connectivity index (χ1) is 13.1. The predicted octanol–water partition coefficient (Wildman–Crippen LogP) is 1.79. The van der Waals surface area contributed by atoms with E-state index in [1.54, 1.807) is 23.1 Å². The van der Waals surface area contributed by atoms with E-state index in [9.17, 15) is 14.0 Å². The normalized spacial score (nSPS) is 18.2. The molecule has 0 atom stereocenters. The number of carbonyl (C=O) groups is 1. The first-order valence-electron chi connectivity index (χ1n) is 9.09. The maximum atomic E-state index is 13.4. The number of hydrogen-bond acceptors (Lipinski definition) is 4. The van der Waals surface area contributed by atoms with Gasteiger partial charge >= 0.3 is 6.03 Å². The van der Waals surface area contributed by atoms with E-state index < -0.39 is 0 Å². The number of hydrogen-bond donors (Lipinski definition) is 1. The number of carbonyl (C=O) groups excluding carboxylic acids is 1. The Morgan fingerprint density at radius 2 is 1.96 bits per heavy atom. The molecule has 0 unspecified atom stereocenters. The zero-order chi connectivity index (χ0) is 18.8. The van der Waals surface area contributed by atoms with Crippen molar-refractivity contribution in [3.8, 4) is 11.3 Å². The Balaban J connectivity index is 1.42. The molecule has 142 valence electrons. The summed E-state index contributed by atoms with van der Waals surface area (Å²) in [7, 11) is 0. The van der Waals surface area contributed by atoms with Gasteiger partial charge in [0.15, 0.2) is 0 Å². The van der Waals surface area contributed by atoms with Crippen molar-refractivity contribution in [2.75, 3.05) is 26.3 Å². The molecule has 0 radical (unpaired) electrons. The van der Waals surface area contributed by atoms with Crippen molar-refractivity contribution in [3.05, 3.63) is 52.6 Å². The number of benzene rings is 1. The van der Waals surface area contributed by atoms with Crippen LogP contribution < -0.4 is 10.9 Å². The van der Waals surface area contributed by atoms with Gasteiger partial charge in [0, 0.05) is 44.0 Å². The molecule has 2 aliphatic heterocycles. The smallest absolute Gasteiger partial charge is 0.317 e. The third kappa shape index (κ3) is 3.85. The van der Waals surface area contributed by atoms with Crippen molar-refractivity contribution in [1.82, 2.24) is 20.0 Å². The number of nitrogens with one attached hydrogen (secondary N) is 1. The van der Waals surface area contributed by atoms with E-state index in [1.165, 1.54) is 22.9 Å². The second-order valence-electron chi connectivity index (χ2n) is 6.91. The minimum Gasteiger partial charge on any atom is -0.381 e. The quantitative estimate of drug-likeness (QED) is 0.891. The van der Waals surface area contributed by atoms with Crippen LogP contribution in [0, 0.1) is 5.82 Å². The predicted molar refractivity (Wildman–Crippen MR) is 96.9 cm³/mol. The summed E-state index contributed by atoms with van der Waals surface area (Å²) >= 11 is 0. The van der Waals surface area contributed by atoms with Gasteiger partial charge in [-0.2, -0.15) is 5.10 Å². The Bertz CT molecular complexity index is 889. The van der Waals surface area contributed by atoms with Gasteiger partial charge in [-0.05, 0) is 31.0 Å². The Hall–Kier alpha value is -2.74. The molecular weight excluding hydrogens is 351 g/mol. The summed E-state index contributed by atoms with van der Waals surface area (Å²) in [4.78, 5) is 26.2. The number of nitrogens with zero attached hydrogens (tertiary/aromatic N) is 3. The molecule has 0 aliphatic carbocycles. The van der Waals surface area contributed by atoms with Crippen molar-refractivity contribution in [1.29, 1.82) is 0 Å². The zero-order valence-corrected chi connectivity index (χ0v) is 14.8. The number of halogens is 1. The van der Waals surface area contributed by atoms with Crippen LogP contribution in [0.2, 0.25) is 0 Å². The Kier molecular flexibility index (Phi) is 4.89. The van der Waals surface area contributed by atoms with Crippen LogP contribution in [0.5, 0.6) is 0 Å². The van der Waals surface area contributed by atoms with Crippen molar-refractivity contribution in [3.63, 3.8) is 0 Å². The molecule has 4 rings (SSSR count). The van der Waals surface area contributed by atoms with Crippen LogP contribution in [0.15, 0.2) is 41.2 Å². The fraction of sp³-hybridized carbons (Fsp3) is 0.421. The van der Waals surface area contributed by atoms with Crippen LogP contribution in [0.1, 0.15) is 18.9 Å². The number of aromatic nitrogens is 2. The lowest BCUT2D eigenvalue weighted by molar-refractivity contribution is 0.0719. The highest BCUT2D eigenvalue weighted by Gasteiger charge is 2.34. The highest BCUT2D eigenvalue weighted by molar-refractivity contribution is 5.75. The molecule has 1 aromatic heterocycles. The summed E-state index contributed by atoms with van der Waals surface area (Å²) in [6, 6.07) is 8.95. The highest BCUT2D eigenvalue weighted by atomic mass is 19.1. The summed E-state index contributed by atoms with van der Waals surface area (Å²) < 4.78 is 20.1. The van der Waals surface area contributed by atoms with Gasteiger partial charge in [0.25, 0.3) is 5.56 Å². The third-order valence-electron chi connectivity index (χ3n) is 4.99. The summed E-state index contributed by atoms with van der Waals surface area (Å²) in [5.74, 6) is -0.355. The van der Waals surface area contributed by atoms with Crippen molar-refractivity contribution < 1.29 is 13.9 Å². The molecule has 2 fully saturated rings. The molecule has 0 spiro atoms. The number of amides is 2. The Morgan fingerprint density at radius 1 is 1.19 bits per heavy atom. The fourth-order valence-electron chi connectivity index (χ4n) is 3.37. The summed E-state index contributed by atoms with van der Waals surface area (Å²) in [5, 5.41) is 7.39. The molecule has 2 saturated heterocycles. The van der Waals surface area contributed by atoms with Crippen LogP contribution in [-0.4, -0.2) is 53.1 Å². The van der Waals surface area contributed by atoms with E-state index in [1.807, 2.05) is 0 Å². The van der Waals surface area contributed by atoms with Gasteiger partial charge < -0.3 is 15.0 Å². The van der Waals surface area contributed by atoms with Crippen molar-refractivity contribution in [2.24, 2.45) is 0 Å². The lowest BCUT2D eigenvalue weighted by Crippen LogP contribution is -2.58. The monoisotopic (exact) mass is 372 g/mol. The lowest BCUT2D eigenvalue weighted by atomic mass is 10.1. The first kappa shape index (κ1) is 17.7. The van der Waals surface area contributed by atoms with E-state index >= 15 is 0 Å². The van der Waals surface area contributed by atoms with Crippen LogP contribution in [0.4, 0.5) is 9.18 Å². The zero-order valence-electron chi connectivity index (χ0n) is 14.8. The van der Waals surface area contributed by atoms with E-state index in [-0.39, 0.29) is 29.5 Å². The fourth-order valence-corrected chi connectivity index (χ4v) is 3.37. The molecule has 3 heterocycles. The second-order valence-corrected chi connectivity index (χ2v) is 6.91. The first-order valence-corrected chi connectivity index (χ1v) is 9.09. The molecule has 2 aromatic rings. The van der Waals surface area contributed by atoms with Gasteiger partial charge in [0.1, 0.15) is 5.82 Å². The number of likely N-dealkylation sites (tertiary alicyclic amines) is 1. The van der Waals surface area contributed by atoms with E-state index in [2.05, 4.69) is 10.4 Å². The molecule has 27 heavy (non-hydrogen) atoms. The van der Waals surface area contributed by atoms with E-state index in [0.717, 1.165) is 12.8 Å². The molecule has 1 N–H and O–H groups in total. The maximum absolute atomic E-state index is 13.4. The van der Waals surface area contributed by atoms with Gasteiger partial charge in [-0.25, -0.2) is 13.9 Å². The minimum atomic E-state index is -0.355. The Morgan fingerprint density at radius 3 is 2.70 bits per heavy atom. The molecule has 2 amide bonds. The largest absolute Gasteiger partial charge is 0.381 e. The third-order valence-corrected chi connectivity index (χ3v) is 4.99. The average Bonchev–Trinajstić information content (AvgIpc) is 2.63. The van der Waals surface area contributed by atoms with Gasteiger partial charge in [0.2, 0.25) is 0 Å². The molecule has 2 aliphatic rings. The molecule has 0 bridgehead atoms. The number of ether oxygens (including phenoxy) is 1. The van der Waals surface area contributed by atoms with Crippen LogP contribution in [0.3, 0.4) is 0 Å². The molecule has 8 heteroatoms. The standard InChI is InChI=1S/C19H21FN4O3/c20-14-3-1-2-13(10-14)17-4-5-18(25)24(22-17)16-11-23(12-16)19(26)21-15-6-8-27-9-7-15/h1-5,10,15-16H,6-9,11-12H2,(H,21,26). The molecular formula is C19H21FN4O3. The number of rotatable bonds is 3. The SMILES string of the molecule is O=C(NC1CCOCC1)N1CC(n2nc(-c3cccc(F)c3)ccc2=O)C1. The van der Waals surface area contributed by atoms with Gasteiger partial charge in [0.05, 0.1) is 11.7 Å². The highest BCUT2D eigenvalue weighted by Crippen LogP contribution is 2.22. The van der Waals surface area contributed by atoms with Gasteiger partial charge in [-0.1, -0.05) is 12.1 Å². The van der Waals surface area contributed by atoms with Crippen molar-refractivity contribution >= 4 is 6.03 Å². The summed E-state index contributed by atoms with van der Waals surface area (Å²) in [6.45, 7) is 2.18. The second kappa shape index (κ2) is 7.48. The molecule has 0 saturated carbocycles. The maximum Gasteiger partial charge on any atom is 0.317 e. The molecule has 1 aromatic carbocycles. The number of urea groups is 1. The van der Waals surface area contributed by atoms with Crippen molar-refractivity contribution in [2.45, 2.75) is 24.9 Å². The lowest BCUT2D eigenvalue weighted by Gasteiger charge is -2.40. The van der Waals surface area contributed by atoms with Crippen LogP contribution >= 0.6 is 0 Å². The summed E-state index contributed by atoms with van der Waals surface area (Å²) in [5.41, 5.74) is 0.904. The topological polar surface area (TPSA) is 76.5 Å². The van der Waals surface area contributed by atoms with Crippen LogP contribution in [-0.2, 0) is 4.74 Å². The van der Waals surface area contributed by atoms with Crippen LogP contribution in [0.25, 0.3) is 11.3 Å². The van der Waals surface area contributed by atoms with Gasteiger partial charge in [-0.3, -0.25) is 4.79 Å².